The summed E-state index contributed by atoms with van der Waals surface area (Å²) in [6.07, 6.45) is 0. The molecule has 0 unspecified atom stereocenters. The molecule has 3 heterocycles. The minimum Gasteiger partial charge on any atom is -0.456 e. The van der Waals surface area contributed by atoms with Crippen molar-refractivity contribution in [2.75, 3.05) is 0 Å². The molecule has 188 valence electrons. The van der Waals surface area contributed by atoms with E-state index in [1.165, 1.54) is 48.0 Å². The molecule has 0 aliphatic carbocycles. The van der Waals surface area contributed by atoms with Gasteiger partial charge in [0, 0.05) is 47.8 Å². The van der Waals surface area contributed by atoms with Crippen LogP contribution in [0.1, 0.15) is 5.56 Å². The van der Waals surface area contributed by atoms with Gasteiger partial charge in [-0.15, -0.1) is 11.3 Å². The predicted octanol–water partition coefficient (Wildman–Crippen LogP) is 11.5. The molecule has 9 aromatic rings. The molecule has 0 spiro atoms. The third-order valence-corrected chi connectivity index (χ3v) is 9.28. The van der Waals surface area contributed by atoms with Crippen LogP contribution in [0.2, 0.25) is 0 Å². The SMILES string of the molecule is Cc1ccc2c(c1)sc1ccc(-c3ccc(-c4ccc5oc6cc7oc8ccccc8c7cc6c5c4)cc3)cc12. The van der Waals surface area contributed by atoms with E-state index < -0.39 is 0 Å². The van der Waals surface area contributed by atoms with Crippen molar-refractivity contribution >= 4 is 75.4 Å². The molecule has 3 heteroatoms. The van der Waals surface area contributed by atoms with Gasteiger partial charge in [-0.05, 0) is 77.2 Å². The molecule has 0 bridgehead atoms. The van der Waals surface area contributed by atoms with Gasteiger partial charge in [-0.25, -0.2) is 0 Å². The zero-order chi connectivity index (χ0) is 26.4. The summed E-state index contributed by atoms with van der Waals surface area (Å²) in [5.74, 6) is 0. The zero-order valence-electron chi connectivity index (χ0n) is 21.7. The Labute approximate surface area is 233 Å². The maximum atomic E-state index is 6.23. The van der Waals surface area contributed by atoms with Gasteiger partial charge in [0.15, 0.2) is 0 Å². The molecule has 0 amide bonds. The Kier molecular flexibility index (Phi) is 4.44. The summed E-state index contributed by atoms with van der Waals surface area (Å²) < 4.78 is 15.0. The van der Waals surface area contributed by atoms with E-state index in [0.717, 1.165) is 43.9 Å². The highest BCUT2D eigenvalue weighted by atomic mass is 32.1. The van der Waals surface area contributed by atoms with E-state index in [1.807, 2.05) is 29.5 Å². The molecule has 2 nitrogen and oxygen atoms in total. The lowest BCUT2D eigenvalue weighted by atomic mass is 9.98. The molecular formula is C37H22O2S. The summed E-state index contributed by atoms with van der Waals surface area (Å²) in [6, 6.07) is 41.4. The first-order valence-electron chi connectivity index (χ1n) is 13.5. The van der Waals surface area contributed by atoms with Gasteiger partial charge in [-0.2, -0.15) is 0 Å². The van der Waals surface area contributed by atoms with Gasteiger partial charge >= 0.3 is 0 Å². The van der Waals surface area contributed by atoms with Crippen LogP contribution < -0.4 is 0 Å². The average molecular weight is 531 g/mol. The summed E-state index contributed by atoms with van der Waals surface area (Å²) in [6.45, 7) is 2.16. The van der Waals surface area contributed by atoms with Crippen LogP contribution in [0.3, 0.4) is 0 Å². The standard InChI is InChI=1S/C37H22O2S/c1-21-6-13-27-31-18-25(12-15-36(31)40-37(27)16-21)23-9-7-22(8-10-23)24-11-14-33-28(17-24)30-19-29-26-4-2-3-5-32(26)38-34(29)20-35(30)39-33/h2-20H,1H3. The lowest BCUT2D eigenvalue weighted by Crippen LogP contribution is -1.81. The van der Waals surface area contributed by atoms with Gasteiger partial charge in [0.25, 0.3) is 0 Å². The fourth-order valence-electron chi connectivity index (χ4n) is 6.09. The van der Waals surface area contributed by atoms with Crippen molar-refractivity contribution < 1.29 is 8.83 Å². The fraction of sp³-hybridized carbons (Fsp3) is 0.0270. The maximum Gasteiger partial charge on any atom is 0.139 e. The van der Waals surface area contributed by atoms with Gasteiger partial charge in [0.1, 0.15) is 22.3 Å². The molecule has 6 aromatic carbocycles. The van der Waals surface area contributed by atoms with Crippen molar-refractivity contribution in [1.82, 2.24) is 0 Å². The first-order chi connectivity index (χ1) is 19.7. The predicted molar refractivity (Wildman–Crippen MR) is 169 cm³/mol. The van der Waals surface area contributed by atoms with Crippen LogP contribution in [0.25, 0.3) is 86.3 Å². The first-order valence-corrected chi connectivity index (χ1v) is 14.3. The number of rotatable bonds is 2. The molecule has 0 saturated carbocycles. The number of benzene rings is 6. The number of hydrogen-bond acceptors (Lipinski definition) is 3. The number of hydrogen-bond donors (Lipinski definition) is 0. The van der Waals surface area contributed by atoms with Gasteiger partial charge in [-0.3, -0.25) is 0 Å². The minimum atomic E-state index is 0.848. The molecule has 0 fully saturated rings. The highest BCUT2D eigenvalue weighted by Crippen LogP contribution is 2.39. The second-order valence-electron chi connectivity index (χ2n) is 10.6. The number of thiophene rings is 1. The van der Waals surface area contributed by atoms with Crippen LogP contribution in [-0.2, 0) is 0 Å². The minimum absolute atomic E-state index is 0.848. The Morgan fingerprint density at radius 3 is 1.82 bits per heavy atom. The third-order valence-electron chi connectivity index (χ3n) is 8.15. The van der Waals surface area contributed by atoms with Crippen LogP contribution in [0.5, 0.6) is 0 Å². The van der Waals surface area contributed by atoms with Gasteiger partial charge in [-0.1, -0.05) is 66.7 Å². The summed E-state index contributed by atoms with van der Waals surface area (Å²) >= 11 is 1.87. The quantitative estimate of drug-likeness (QED) is 0.222. The van der Waals surface area contributed by atoms with E-state index in [2.05, 4.69) is 104 Å². The van der Waals surface area contributed by atoms with Crippen LogP contribution in [0, 0.1) is 6.92 Å². The second-order valence-corrected chi connectivity index (χ2v) is 11.7. The molecule has 0 saturated heterocycles. The van der Waals surface area contributed by atoms with E-state index in [9.17, 15) is 0 Å². The van der Waals surface area contributed by atoms with Crippen molar-refractivity contribution in [2.45, 2.75) is 6.92 Å². The highest BCUT2D eigenvalue weighted by molar-refractivity contribution is 7.25. The van der Waals surface area contributed by atoms with E-state index in [0.29, 0.717) is 0 Å². The van der Waals surface area contributed by atoms with Crippen molar-refractivity contribution in [3.63, 3.8) is 0 Å². The molecular weight excluding hydrogens is 508 g/mol. The fourth-order valence-corrected chi connectivity index (χ4v) is 7.28. The van der Waals surface area contributed by atoms with E-state index >= 15 is 0 Å². The Bertz CT molecular complexity index is 2430. The van der Waals surface area contributed by atoms with Crippen LogP contribution >= 0.6 is 11.3 Å². The van der Waals surface area contributed by atoms with Crippen molar-refractivity contribution in [3.05, 3.63) is 121 Å². The van der Waals surface area contributed by atoms with E-state index in [4.69, 9.17) is 8.83 Å². The van der Waals surface area contributed by atoms with Gasteiger partial charge in [0.05, 0.1) is 0 Å². The Morgan fingerprint density at radius 2 is 1.02 bits per heavy atom. The molecule has 0 radical (unpaired) electrons. The average Bonchev–Trinajstić information content (AvgIpc) is 3.65. The molecule has 0 aliphatic rings. The normalized spacial score (nSPS) is 12.1. The van der Waals surface area contributed by atoms with Crippen molar-refractivity contribution in [2.24, 2.45) is 0 Å². The summed E-state index contributed by atoms with van der Waals surface area (Å²) in [5.41, 5.74) is 9.62. The van der Waals surface area contributed by atoms with E-state index in [-0.39, 0.29) is 0 Å². The highest BCUT2D eigenvalue weighted by Gasteiger charge is 2.14. The lowest BCUT2D eigenvalue weighted by Gasteiger charge is -2.06. The number of aryl methyl sites for hydroxylation is 1. The Morgan fingerprint density at radius 1 is 0.400 bits per heavy atom. The van der Waals surface area contributed by atoms with Gasteiger partial charge in [0.2, 0.25) is 0 Å². The van der Waals surface area contributed by atoms with Crippen molar-refractivity contribution in [1.29, 1.82) is 0 Å². The van der Waals surface area contributed by atoms with Crippen molar-refractivity contribution in [3.8, 4) is 22.3 Å². The molecule has 3 aromatic heterocycles. The second kappa shape index (κ2) is 8.08. The summed E-state index contributed by atoms with van der Waals surface area (Å²) in [7, 11) is 0. The molecule has 0 aliphatic heterocycles. The Hall–Kier alpha value is -4.86. The van der Waals surface area contributed by atoms with Crippen LogP contribution in [0.15, 0.2) is 124 Å². The molecule has 0 N–H and O–H groups in total. The molecule has 0 atom stereocenters. The number of furan rings is 2. The smallest absolute Gasteiger partial charge is 0.139 e. The van der Waals surface area contributed by atoms with Crippen LogP contribution in [0.4, 0.5) is 0 Å². The largest absolute Gasteiger partial charge is 0.456 e. The van der Waals surface area contributed by atoms with Crippen LogP contribution in [-0.4, -0.2) is 0 Å². The van der Waals surface area contributed by atoms with Gasteiger partial charge < -0.3 is 8.83 Å². The number of para-hydroxylation sites is 1. The lowest BCUT2D eigenvalue weighted by molar-refractivity contribution is 0.656. The maximum absolute atomic E-state index is 6.23. The first kappa shape index (κ1) is 22.0. The van der Waals surface area contributed by atoms with E-state index in [1.54, 1.807) is 0 Å². The topological polar surface area (TPSA) is 26.3 Å². The third kappa shape index (κ3) is 3.22. The number of fused-ring (bicyclic) bond motifs is 9. The molecule has 9 rings (SSSR count). The monoisotopic (exact) mass is 530 g/mol. The zero-order valence-corrected chi connectivity index (χ0v) is 22.5. The summed E-state index contributed by atoms with van der Waals surface area (Å²) in [5, 5.41) is 7.15. The molecule has 40 heavy (non-hydrogen) atoms. The summed E-state index contributed by atoms with van der Waals surface area (Å²) in [4.78, 5) is 0. The Balaban J connectivity index is 1.13.